The van der Waals surface area contributed by atoms with E-state index in [0.717, 1.165) is 72.6 Å². The van der Waals surface area contributed by atoms with Crippen LogP contribution in [-0.2, 0) is 43.1 Å². The van der Waals surface area contributed by atoms with Crippen LogP contribution in [-0.4, -0.2) is 146 Å². The van der Waals surface area contributed by atoms with Gasteiger partial charge in [0.05, 0.1) is 16.8 Å². The van der Waals surface area contributed by atoms with Crippen LogP contribution in [0.25, 0.3) is 0 Å². The first-order valence-corrected chi connectivity index (χ1v) is 24.9. The van der Waals surface area contributed by atoms with Gasteiger partial charge in [-0.1, -0.05) is 96.5 Å². The van der Waals surface area contributed by atoms with Crippen molar-refractivity contribution in [2.45, 2.75) is 244 Å². The van der Waals surface area contributed by atoms with Crippen molar-refractivity contribution in [1.29, 1.82) is 0 Å². The maximum absolute atomic E-state index is 15.8. The number of amides is 2. The molecule has 1 aliphatic heterocycles. The third kappa shape index (κ3) is 16.5. The third-order valence-electron chi connectivity index (χ3n) is 13.4. The molecule has 0 aromatic rings. The molecule has 1 heterocycles. The summed E-state index contributed by atoms with van der Waals surface area (Å²) in [5.41, 5.74) is -7.46. The summed E-state index contributed by atoms with van der Waals surface area (Å²) in [6.45, 7) is 10.6. The Morgan fingerprint density at radius 3 is 1.39 bits per heavy atom. The summed E-state index contributed by atoms with van der Waals surface area (Å²) in [5.74, 6) is -8.57. The van der Waals surface area contributed by atoms with Crippen molar-refractivity contribution in [2.75, 3.05) is 6.61 Å². The second-order valence-electron chi connectivity index (χ2n) is 18.8. The Kier molecular flexibility index (Phi) is 27.5. The number of allylic oxidation sites excluding steroid dienone is 1. The van der Waals surface area contributed by atoms with Gasteiger partial charge in [0.2, 0.25) is 11.8 Å². The van der Waals surface area contributed by atoms with E-state index >= 15 is 9.59 Å². The number of aliphatic hydroxyl groups is 6. The number of ketones is 6. The number of hydrogen-bond donors (Lipinski definition) is 6. The van der Waals surface area contributed by atoms with Crippen molar-refractivity contribution in [1.82, 2.24) is 4.90 Å². The first-order valence-electron chi connectivity index (χ1n) is 24.4. The highest BCUT2D eigenvalue weighted by molar-refractivity contribution is 6.24. The summed E-state index contributed by atoms with van der Waals surface area (Å²) in [7, 11) is 3.40. The van der Waals surface area contributed by atoms with E-state index in [-0.39, 0.29) is 16.4 Å². The monoisotopic (exact) mass is 965 g/mol. The summed E-state index contributed by atoms with van der Waals surface area (Å²) >= 11 is 0. The molecule has 17 heteroatoms. The van der Waals surface area contributed by atoms with E-state index in [9.17, 15) is 59.4 Å². The molecule has 381 valence electrons. The normalized spacial score (nSPS) is 22.0. The fourth-order valence-corrected chi connectivity index (χ4v) is 9.82. The van der Waals surface area contributed by atoms with Crippen LogP contribution in [0.4, 0.5) is 0 Å². The molecule has 3 radical (unpaired) electrons. The zero-order valence-electron chi connectivity index (χ0n) is 41.5. The van der Waals surface area contributed by atoms with Crippen LogP contribution in [0.3, 0.4) is 0 Å². The molecular weight excluding hydrogens is 883 g/mol. The molecule has 1 fully saturated rings. The van der Waals surface area contributed by atoms with Gasteiger partial charge >= 0.3 is 0 Å². The number of nitrogens with zero attached hydrogens (tertiary/aromatic N) is 1. The fourth-order valence-electron chi connectivity index (χ4n) is 9.18. The minimum atomic E-state index is -3.93. The molecule has 1 rings (SSSR count). The van der Waals surface area contributed by atoms with Crippen molar-refractivity contribution in [2.24, 2.45) is 5.92 Å². The Labute approximate surface area is 401 Å². The van der Waals surface area contributed by atoms with Gasteiger partial charge in [-0.3, -0.25) is 24.1 Å². The van der Waals surface area contributed by atoms with Crippen molar-refractivity contribution >= 4 is 56.8 Å². The van der Waals surface area contributed by atoms with Gasteiger partial charge in [0.25, 0.3) is 0 Å². The molecule has 67 heavy (non-hydrogen) atoms. The number of carbonyl (C=O) groups is 8. The Morgan fingerprint density at radius 2 is 0.955 bits per heavy atom. The van der Waals surface area contributed by atoms with E-state index < -0.39 is 151 Å². The number of imide groups is 1. The molecule has 9 atom stereocenters. The number of unbranched alkanes of at least 4 members (excludes halogenated alkanes) is 10. The first-order chi connectivity index (χ1) is 31.4. The lowest BCUT2D eigenvalue weighted by molar-refractivity contribution is -0.287. The molecule has 0 spiro atoms. The van der Waals surface area contributed by atoms with Crippen molar-refractivity contribution < 1.29 is 73.7 Å². The largest absolute Gasteiger partial charge is 0.394 e. The number of rotatable bonds is 35. The lowest BCUT2D eigenvalue weighted by Crippen LogP contribution is -2.87. The van der Waals surface area contributed by atoms with Gasteiger partial charge in [0.15, 0.2) is 22.7 Å². The standard InChI is InChI=1S/C50H82NO15Si/c1-9-11-13-14-15-16-17-18-19-20-22-38(21-12-10-2)36(7)37(8)50(65,67)49(41(58)28-24-33(4)54,51(42(59)29-25-34(5)55)43(60)30-26-35(6)56)48(64,40(57)27-23-32(3)53)47-46(63)45(62)44(61)39(31-52)66-47/h38-39,44-47,52,61-65H,9-31H2,1-8H3/b37-36+/t38?,39-,44-,45+,46-,47?,48?,49+,50+/m1/s1. The molecule has 16 nitrogen and oxygen atoms in total. The second-order valence-corrected chi connectivity index (χ2v) is 19.6. The fraction of sp³-hybridized carbons (Fsp3) is 0.800. The molecular formula is C50H82NO15Si. The van der Waals surface area contributed by atoms with Gasteiger partial charge < -0.3 is 54.6 Å². The smallest absolute Gasteiger partial charge is 0.230 e. The predicted molar refractivity (Wildman–Crippen MR) is 252 cm³/mol. The van der Waals surface area contributed by atoms with Gasteiger partial charge in [-0.15, -0.1) is 0 Å². The van der Waals surface area contributed by atoms with Crippen molar-refractivity contribution in [3.05, 3.63) is 11.1 Å². The highest BCUT2D eigenvalue weighted by atomic mass is 28.1. The highest BCUT2D eigenvalue weighted by Gasteiger charge is 2.77. The van der Waals surface area contributed by atoms with Crippen LogP contribution in [0.1, 0.15) is 197 Å². The molecule has 1 saturated heterocycles. The Hall–Kier alpha value is -3.16. The zero-order chi connectivity index (χ0) is 51.3. The minimum Gasteiger partial charge on any atom is -0.394 e. The van der Waals surface area contributed by atoms with Gasteiger partial charge in [-0.25, -0.2) is 0 Å². The topological polar surface area (TPSA) is 270 Å². The molecule has 1 aliphatic rings. The molecule has 0 aromatic heterocycles. The van der Waals surface area contributed by atoms with E-state index in [1.54, 1.807) is 6.92 Å². The zero-order valence-corrected chi connectivity index (χ0v) is 42.5. The van der Waals surface area contributed by atoms with E-state index in [1.807, 2.05) is 6.92 Å². The van der Waals surface area contributed by atoms with Crippen LogP contribution in [0.2, 0.25) is 0 Å². The van der Waals surface area contributed by atoms with Crippen LogP contribution < -0.4 is 0 Å². The van der Waals surface area contributed by atoms with Crippen LogP contribution in [0, 0.1) is 5.92 Å². The summed E-state index contributed by atoms with van der Waals surface area (Å²) in [4.78, 5) is 111. The molecule has 0 aliphatic carbocycles. The molecule has 3 unspecified atom stereocenters. The Bertz CT molecular complexity index is 1680. The predicted octanol–water partition coefficient (Wildman–Crippen LogP) is 4.58. The van der Waals surface area contributed by atoms with E-state index in [0.29, 0.717) is 24.8 Å². The Balaban J connectivity index is 4.68. The SMILES string of the molecule is CCCCCCCCCCCCC(CCCC)/C(C)=C(\C)[C@](O)([Si])[C@@](C(=O)CCC(C)=O)(N(C(=O)CCC(C)=O)C(=O)CCC(C)=O)C(O)(C(=O)CCC(C)=O)C1O[C@H](CO)[C@@H](O)[C@H](O)[C@H]1O. The van der Waals surface area contributed by atoms with E-state index in [2.05, 4.69) is 17.2 Å². The molecule has 0 aromatic carbocycles. The summed E-state index contributed by atoms with van der Waals surface area (Å²) in [5, 5.41) is 68.5. The van der Waals surface area contributed by atoms with Crippen LogP contribution in [0.5, 0.6) is 0 Å². The number of aliphatic hydroxyl groups excluding tert-OH is 4. The van der Waals surface area contributed by atoms with Gasteiger partial charge in [-0.2, -0.15) is 0 Å². The maximum atomic E-state index is 15.8. The van der Waals surface area contributed by atoms with Gasteiger partial charge in [-0.05, 0) is 65.9 Å². The molecule has 6 N–H and O–H groups in total. The minimum absolute atomic E-state index is 0.127. The van der Waals surface area contributed by atoms with Crippen molar-refractivity contribution in [3.63, 3.8) is 0 Å². The molecule has 0 bridgehead atoms. The second kappa shape index (κ2) is 29.8. The Morgan fingerprint density at radius 1 is 0.552 bits per heavy atom. The van der Waals surface area contributed by atoms with E-state index in [4.69, 9.17) is 4.74 Å². The van der Waals surface area contributed by atoms with Crippen LogP contribution in [0.15, 0.2) is 11.1 Å². The first kappa shape index (κ1) is 61.9. The quantitative estimate of drug-likeness (QED) is 0.0288. The van der Waals surface area contributed by atoms with E-state index in [1.165, 1.54) is 32.6 Å². The molecule has 2 amide bonds. The lowest BCUT2D eigenvalue weighted by atomic mass is 9.60. The maximum Gasteiger partial charge on any atom is 0.230 e. The van der Waals surface area contributed by atoms with Gasteiger partial charge in [0, 0.05) is 51.4 Å². The average Bonchev–Trinajstić information content (AvgIpc) is 3.27. The van der Waals surface area contributed by atoms with Crippen LogP contribution >= 0.6 is 0 Å². The summed E-state index contributed by atoms with van der Waals surface area (Å²) in [6.07, 6.45) is -4.27. The van der Waals surface area contributed by atoms with Crippen molar-refractivity contribution in [3.8, 4) is 0 Å². The third-order valence-corrected chi connectivity index (χ3v) is 14.1. The number of Topliss-reactive ketones (excluding diaryl/α,β-unsaturated/α-hetero) is 6. The lowest BCUT2D eigenvalue weighted by Gasteiger charge is -2.61. The number of hydrogen-bond acceptors (Lipinski definition) is 15. The summed E-state index contributed by atoms with van der Waals surface area (Å²) in [6, 6.07) is 0. The number of ether oxygens (including phenoxy) is 1. The summed E-state index contributed by atoms with van der Waals surface area (Å²) < 4.78 is 5.87. The molecule has 0 saturated carbocycles. The number of carbonyl (C=O) groups excluding carboxylic acids is 8. The highest BCUT2D eigenvalue weighted by Crippen LogP contribution is 2.50. The van der Waals surface area contributed by atoms with Gasteiger partial charge in [0.1, 0.15) is 58.9 Å². The average molecular weight is 965 g/mol.